The molecule has 0 atom stereocenters. The predicted molar refractivity (Wildman–Crippen MR) is 77.2 cm³/mol. The summed E-state index contributed by atoms with van der Waals surface area (Å²) >= 11 is 12.6. The average Bonchev–Trinajstić information content (AvgIpc) is 2.80. The Morgan fingerprint density at radius 2 is 2.25 bits per heavy atom. The van der Waals surface area contributed by atoms with Crippen molar-refractivity contribution in [1.29, 1.82) is 0 Å². The highest BCUT2D eigenvalue weighted by molar-refractivity contribution is 7.18. The number of aromatic nitrogens is 1. The Bertz CT molecular complexity index is 648. The lowest BCUT2D eigenvalue weighted by atomic mass is 10.2. The van der Waals surface area contributed by atoms with E-state index in [1.165, 1.54) is 19.2 Å². The molecule has 0 unspecified atom stereocenters. The van der Waals surface area contributed by atoms with Gasteiger partial charge in [0.1, 0.15) is 5.82 Å². The zero-order valence-electron chi connectivity index (χ0n) is 10.2. The fraction of sp³-hybridized carbons (Fsp3) is 0.167. The molecule has 0 aliphatic carbocycles. The second kappa shape index (κ2) is 6.39. The molecular weight excluding hydrogens is 326 g/mol. The van der Waals surface area contributed by atoms with Crippen LogP contribution < -0.4 is 5.32 Å². The molecule has 2 rings (SSSR count). The summed E-state index contributed by atoms with van der Waals surface area (Å²) in [4.78, 5) is 15.6. The van der Waals surface area contributed by atoms with E-state index in [0.29, 0.717) is 11.7 Å². The molecule has 1 heterocycles. The number of carbonyl (C=O) groups is 1. The fourth-order valence-electron chi connectivity index (χ4n) is 1.42. The van der Waals surface area contributed by atoms with Crippen LogP contribution in [-0.2, 0) is 11.3 Å². The Hall–Kier alpha value is -1.37. The fourth-order valence-corrected chi connectivity index (χ4v) is 2.72. The maximum atomic E-state index is 13.0. The van der Waals surface area contributed by atoms with Crippen LogP contribution in [0.15, 0.2) is 18.2 Å². The van der Waals surface area contributed by atoms with Crippen molar-refractivity contribution in [3.8, 4) is 0 Å². The lowest BCUT2D eigenvalue weighted by Crippen LogP contribution is -1.99. The van der Waals surface area contributed by atoms with Gasteiger partial charge in [0.2, 0.25) is 0 Å². The first-order valence-electron chi connectivity index (χ1n) is 5.43. The van der Waals surface area contributed by atoms with Crippen LogP contribution in [0.3, 0.4) is 0 Å². The van der Waals surface area contributed by atoms with Gasteiger partial charge in [-0.3, -0.25) is 0 Å². The van der Waals surface area contributed by atoms with Gasteiger partial charge in [0, 0.05) is 6.54 Å². The van der Waals surface area contributed by atoms with Gasteiger partial charge in [0.05, 0.1) is 12.1 Å². The first kappa shape index (κ1) is 15.0. The summed E-state index contributed by atoms with van der Waals surface area (Å²) in [5.74, 6) is -1.01. The zero-order chi connectivity index (χ0) is 14.7. The number of esters is 1. The van der Waals surface area contributed by atoms with Gasteiger partial charge in [-0.15, -0.1) is 0 Å². The first-order valence-corrected chi connectivity index (χ1v) is 7.01. The Labute approximate surface area is 128 Å². The van der Waals surface area contributed by atoms with Gasteiger partial charge in [0.25, 0.3) is 0 Å². The van der Waals surface area contributed by atoms with Crippen molar-refractivity contribution < 1.29 is 13.9 Å². The number of carbonyl (C=O) groups excluding carboxylic acids is 1. The Kier molecular flexibility index (Phi) is 4.80. The van der Waals surface area contributed by atoms with E-state index in [4.69, 9.17) is 23.2 Å². The molecule has 0 spiro atoms. The van der Waals surface area contributed by atoms with E-state index >= 15 is 0 Å². The second-order valence-electron chi connectivity index (χ2n) is 3.73. The second-order valence-corrected chi connectivity index (χ2v) is 5.50. The molecule has 0 aliphatic rings. The van der Waals surface area contributed by atoms with Crippen molar-refractivity contribution >= 4 is 45.6 Å². The minimum Gasteiger partial charge on any atom is -0.465 e. The standard InChI is InChI=1S/C12H9Cl2FN2O2S/c1-19-11(18)9-10(14)17-12(20-9)16-5-6-2-3-8(15)7(13)4-6/h2-4H,5H2,1H3,(H,16,17). The number of nitrogens with zero attached hydrogens (tertiary/aromatic N) is 1. The molecule has 0 saturated carbocycles. The molecule has 0 aliphatic heterocycles. The van der Waals surface area contributed by atoms with Crippen molar-refractivity contribution in [1.82, 2.24) is 4.98 Å². The van der Waals surface area contributed by atoms with Gasteiger partial charge in [-0.1, -0.05) is 40.6 Å². The lowest BCUT2D eigenvalue weighted by molar-refractivity contribution is 0.0606. The molecule has 0 bridgehead atoms. The molecule has 20 heavy (non-hydrogen) atoms. The average molecular weight is 335 g/mol. The predicted octanol–water partition coefficient (Wildman–Crippen LogP) is 3.99. The maximum Gasteiger partial charge on any atom is 0.351 e. The molecule has 0 amide bonds. The zero-order valence-corrected chi connectivity index (χ0v) is 12.6. The molecule has 1 N–H and O–H groups in total. The van der Waals surface area contributed by atoms with E-state index < -0.39 is 11.8 Å². The lowest BCUT2D eigenvalue weighted by Gasteiger charge is -2.03. The number of benzene rings is 1. The van der Waals surface area contributed by atoms with E-state index in [0.717, 1.165) is 16.9 Å². The molecule has 1 aromatic carbocycles. The van der Waals surface area contributed by atoms with E-state index in [-0.39, 0.29) is 15.1 Å². The van der Waals surface area contributed by atoms with Crippen LogP contribution in [0, 0.1) is 5.82 Å². The molecule has 0 radical (unpaired) electrons. The number of nitrogens with one attached hydrogen (secondary N) is 1. The highest BCUT2D eigenvalue weighted by Crippen LogP contribution is 2.28. The van der Waals surface area contributed by atoms with E-state index in [2.05, 4.69) is 15.0 Å². The minimum absolute atomic E-state index is 0.0525. The molecule has 8 heteroatoms. The summed E-state index contributed by atoms with van der Waals surface area (Å²) in [6.07, 6.45) is 0. The molecule has 0 saturated heterocycles. The van der Waals surface area contributed by atoms with Gasteiger partial charge >= 0.3 is 5.97 Å². The Morgan fingerprint density at radius 1 is 1.50 bits per heavy atom. The van der Waals surface area contributed by atoms with Gasteiger partial charge < -0.3 is 10.1 Å². The van der Waals surface area contributed by atoms with Crippen LogP contribution in [0.5, 0.6) is 0 Å². The summed E-state index contributed by atoms with van der Waals surface area (Å²) < 4.78 is 17.6. The maximum absolute atomic E-state index is 13.0. The summed E-state index contributed by atoms with van der Waals surface area (Å²) in [6, 6.07) is 4.40. The van der Waals surface area contributed by atoms with Crippen molar-refractivity contribution in [3.05, 3.63) is 44.6 Å². The molecular formula is C12H9Cl2FN2O2S. The van der Waals surface area contributed by atoms with E-state index in [1.54, 1.807) is 6.07 Å². The summed E-state index contributed by atoms with van der Waals surface area (Å²) in [6.45, 7) is 0.379. The van der Waals surface area contributed by atoms with Gasteiger partial charge in [-0.2, -0.15) is 0 Å². The van der Waals surface area contributed by atoms with Crippen molar-refractivity contribution in [2.75, 3.05) is 12.4 Å². The van der Waals surface area contributed by atoms with Gasteiger partial charge in [-0.05, 0) is 17.7 Å². The topological polar surface area (TPSA) is 51.2 Å². The van der Waals surface area contributed by atoms with Crippen molar-refractivity contribution in [2.45, 2.75) is 6.54 Å². The van der Waals surface area contributed by atoms with Gasteiger partial charge in [-0.25, -0.2) is 14.2 Å². The largest absolute Gasteiger partial charge is 0.465 e. The van der Waals surface area contributed by atoms with Crippen molar-refractivity contribution in [2.24, 2.45) is 0 Å². The van der Waals surface area contributed by atoms with Crippen molar-refractivity contribution in [3.63, 3.8) is 0 Å². The van der Waals surface area contributed by atoms with Crippen LogP contribution in [0.1, 0.15) is 15.2 Å². The highest BCUT2D eigenvalue weighted by atomic mass is 35.5. The number of thiazole rings is 1. The summed E-state index contributed by atoms with van der Waals surface area (Å²) in [5.41, 5.74) is 0.780. The van der Waals surface area contributed by atoms with Gasteiger partial charge in [0.15, 0.2) is 15.2 Å². The Balaban J connectivity index is 2.07. The number of methoxy groups -OCH3 is 1. The van der Waals surface area contributed by atoms with Crippen LogP contribution in [0.25, 0.3) is 0 Å². The smallest absolute Gasteiger partial charge is 0.351 e. The number of anilines is 1. The van der Waals surface area contributed by atoms with Crippen LogP contribution >= 0.6 is 34.5 Å². The highest BCUT2D eigenvalue weighted by Gasteiger charge is 2.17. The number of halogens is 3. The molecule has 1 aromatic heterocycles. The third-order valence-electron chi connectivity index (χ3n) is 2.38. The Morgan fingerprint density at radius 3 is 2.90 bits per heavy atom. The molecule has 0 fully saturated rings. The molecule has 4 nitrogen and oxygen atoms in total. The summed E-state index contributed by atoms with van der Waals surface area (Å²) in [5, 5.41) is 3.59. The number of hydrogen-bond acceptors (Lipinski definition) is 5. The monoisotopic (exact) mass is 334 g/mol. The normalized spacial score (nSPS) is 10.4. The first-order chi connectivity index (χ1) is 9.51. The SMILES string of the molecule is COC(=O)c1sc(NCc2ccc(F)c(Cl)c2)nc1Cl. The quantitative estimate of drug-likeness (QED) is 0.859. The van der Waals surface area contributed by atoms with E-state index in [9.17, 15) is 9.18 Å². The number of hydrogen-bond donors (Lipinski definition) is 1. The van der Waals surface area contributed by atoms with Crippen LogP contribution in [0.4, 0.5) is 9.52 Å². The molecule has 106 valence electrons. The van der Waals surface area contributed by atoms with Crippen LogP contribution in [0.2, 0.25) is 10.2 Å². The number of ether oxygens (including phenoxy) is 1. The summed E-state index contributed by atoms with van der Waals surface area (Å²) in [7, 11) is 1.27. The van der Waals surface area contributed by atoms with E-state index in [1.807, 2.05) is 0 Å². The minimum atomic E-state index is -0.537. The third-order valence-corrected chi connectivity index (χ3v) is 4.05. The third kappa shape index (κ3) is 3.39. The van der Waals surface area contributed by atoms with Crippen LogP contribution in [-0.4, -0.2) is 18.1 Å². The molecule has 2 aromatic rings. The number of rotatable bonds is 4.